The van der Waals surface area contributed by atoms with E-state index in [9.17, 15) is 18.7 Å². The maximum atomic E-state index is 14.8. The molecule has 196 valence electrons. The lowest BCUT2D eigenvalue weighted by Crippen LogP contribution is -2.11. The quantitative estimate of drug-likeness (QED) is 0.274. The summed E-state index contributed by atoms with van der Waals surface area (Å²) in [5, 5.41) is 9.46. The Balaban J connectivity index is 1.74. The summed E-state index contributed by atoms with van der Waals surface area (Å²) in [7, 11) is 3.76. The predicted molar refractivity (Wildman–Crippen MR) is 140 cm³/mol. The van der Waals surface area contributed by atoms with Gasteiger partial charge < -0.3 is 25.2 Å². The number of ether oxygens (including phenoxy) is 2. The summed E-state index contributed by atoms with van der Waals surface area (Å²) in [5.41, 5.74) is 9.68. The molecule has 0 aliphatic carbocycles. The molecule has 4 aromatic rings. The number of hydrogen-bond acceptors (Lipinski definition) is 6. The summed E-state index contributed by atoms with van der Waals surface area (Å²) < 4.78 is 40.9. The van der Waals surface area contributed by atoms with E-state index >= 15 is 0 Å². The van der Waals surface area contributed by atoms with Gasteiger partial charge in [-0.1, -0.05) is 36.4 Å². The number of hydrogen-bond donors (Lipinski definition) is 2. The Hall–Kier alpha value is -4.34. The molecule has 3 aromatic carbocycles. The number of carboxylic acids is 1. The zero-order valence-corrected chi connectivity index (χ0v) is 21.2. The van der Waals surface area contributed by atoms with Crippen molar-refractivity contribution in [3.05, 3.63) is 101 Å². The van der Waals surface area contributed by atoms with Gasteiger partial charge in [-0.05, 0) is 67.5 Å². The minimum atomic E-state index is -1.26. The second kappa shape index (κ2) is 11.4. The van der Waals surface area contributed by atoms with Gasteiger partial charge in [0.05, 0.1) is 0 Å². The molecule has 9 heteroatoms. The molecule has 0 spiro atoms. The summed E-state index contributed by atoms with van der Waals surface area (Å²) in [6, 6.07) is 18.2. The number of carbonyl (C=O) groups is 1. The number of aromatic carboxylic acids is 1. The van der Waals surface area contributed by atoms with Crippen LogP contribution in [-0.2, 0) is 13.1 Å². The molecule has 0 aliphatic heterocycles. The molecule has 7 nitrogen and oxygen atoms in total. The maximum Gasteiger partial charge on any atom is 0.339 e. The van der Waals surface area contributed by atoms with Crippen molar-refractivity contribution in [1.29, 1.82) is 0 Å². The Morgan fingerprint density at radius 2 is 1.61 bits per heavy atom. The average Bonchev–Trinajstić information content (AvgIpc) is 2.87. The molecule has 0 atom stereocenters. The molecular weight excluding hydrogens is 492 g/mol. The number of rotatable bonds is 9. The first-order chi connectivity index (χ1) is 18.1. The fourth-order valence-electron chi connectivity index (χ4n) is 3.85. The van der Waals surface area contributed by atoms with Gasteiger partial charge in [0.1, 0.15) is 17.1 Å². The van der Waals surface area contributed by atoms with E-state index in [1.54, 1.807) is 19.1 Å². The molecule has 0 radical (unpaired) electrons. The van der Waals surface area contributed by atoms with Crippen LogP contribution in [0.3, 0.4) is 0 Å². The molecule has 3 N–H and O–H groups in total. The van der Waals surface area contributed by atoms with E-state index in [-0.39, 0.29) is 11.3 Å². The molecule has 0 aliphatic rings. The summed E-state index contributed by atoms with van der Waals surface area (Å²) in [6.45, 7) is 2.59. The van der Waals surface area contributed by atoms with Crippen LogP contribution in [0.25, 0.3) is 11.1 Å². The second-order valence-electron chi connectivity index (χ2n) is 9.04. The highest BCUT2D eigenvalue weighted by atomic mass is 19.1. The van der Waals surface area contributed by atoms with Crippen LogP contribution in [0.5, 0.6) is 23.3 Å². The van der Waals surface area contributed by atoms with Crippen LogP contribution >= 0.6 is 0 Å². The SMILES string of the molecule is Cc1ccc(C(=O)O)c(Oc2nc(Oc3cc(-c4cccc(CN)c4)ccc3CN(C)C)c(F)cc2F)c1. The minimum absolute atomic E-state index is 0.128. The number of aromatic nitrogens is 1. The topological polar surface area (TPSA) is 97.9 Å². The fourth-order valence-corrected chi connectivity index (χ4v) is 3.85. The lowest BCUT2D eigenvalue weighted by Gasteiger charge is -2.17. The van der Waals surface area contributed by atoms with Crippen molar-refractivity contribution in [2.75, 3.05) is 14.1 Å². The normalized spacial score (nSPS) is 11.0. The third kappa shape index (κ3) is 6.13. The zero-order valence-electron chi connectivity index (χ0n) is 21.2. The zero-order chi connectivity index (χ0) is 27.4. The molecule has 1 heterocycles. The minimum Gasteiger partial charge on any atom is -0.478 e. The highest BCUT2D eigenvalue weighted by Crippen LogP contribution is 2.35. The predicted octanol–water partition coefficient (Wildman–Crippen LogP) is 6.14. The van der Waals surface area contributed by atoms with E-state index in [1.165, 1.54) is 12.1 Å². The summed E-state index contributed by atoms with van der Waals surface area (Å²) in [5.74, 6) is -4.34. The number of halogens is 2. The summed E-state index contributed by atoms with van der Waals surface area (Å²) in [6.07, 6.45) is 0. The van der Waals surface area contributed by atoms with Gasteiger partial charge in [0.25, 0.3) is 11.8 Å². The fraction of sp³-hybridized carbons (Fsp3) is 0.172. The van der Waals surface area contributed by atoms with E-state index in [2.05, 4.69) is 4.98 Å². The molecule has 0 amide bonds. The Morgan fingerprint density at radius 1 is 0.921 bits per heavy atom. The van der Waals surface area contributed by atoms with Crippen LogP contribution in [0.2, 0.25) is 0 Å². The van der Waals surface area contributed by atoms with Crippen LogP contribution in [0.15, 0.2) is 66.7 Å². The Morgan fingerprint density at radius 3 is 2.26 bits per heavy atom. The first kappa shape index (κ1) is 26.7. The van der Waals surface area contributed by atoms with Gasteiger partial charge in [0.15, 0.2) is 11.6 Å². The van der Waals surface area contributed by atoms with Crippen molar-refractivity contribution in [2.45, 2.75) is 20.0 Å². The molecule has 0 fully saturated rings. The lowest BCUT2D eigenvalue weighted by atomic mass is 10.0. The number of nitrogens with two attached hydrogens (primary N) is 1. The number of aryl methyl sites for hydroxylation is 1. The summed E-state index contributed by atoms with van der Waals surface area (Å²) in [4.78, 5) is 17.4. The van der Waals surface area contributed by atoms with Gasteiger partial charge in [-0.3, -0.25) is 0 Å². The smallest absolute Gasteiger partial charge is 0.339 e. The Labute approximate surface area is 219 Å². The molecule has 4 rings (SSSR count). The van der Waals surface area contributed by atoms with Gasteiger partial charge >= 0.3 is 5.97 Å². The molecule has 0 unspecified atom stereocenters. The largest absolute Gasteiger partial charge is 0.478 e. The van der Waals surface area contributed by atoms with Crippen LogP contribution < -0.4 is 15.2 Å². The van der Waals surface area contributed by atoms with Crippen LogP contribution in [0.4, 0.5) is 8.78 Å². The highest BCUT2D eigenvalue weighted by Gasteiger charge is 2.20. The Bertz CT molecular complexity index is 1490. The number of benzene rings is 3. The van der Waals surface area contributed by atoms with Gasteiger partial charge in [0.2, 0.25) is 0 Å². The van der Waals surface area contributed by atoms with Gasteiger partial charge in [-0.2, -0.15) is 4.98 Å². The Kier molecular flexibility index (Phi) is 7.99. The average molecular weight is 520 g/mol. The second-order valence-corrected chi connectivity index (χ2v) is 9.04. The molecule has 0 saturated heterocycles. The highest BCUT2D eigenvalue weighted by molar-refractivity contribution is 5.91. The first-order valence-corrected chi connectivity index (χ1v) is 11.8. The van der Waals surface area contributed by atoms with Gasteiger partial charge in [0, 0.05) is 24.7 Å². The number of carboxylic acid groups (broad SMARTS) is 1. The third-order valence-corrected chi connectivity index (χ3v) is 5.70. The molecular formula is C29H27F2N3O4. The maximum absolute atomic E-state index is 14.8. The van der Waals surface area contributed by atoms with E-state index in [1.807, 2.05) is 55.4 Å². The monoisotopic (exact) mass is 519 g/mol. The molecule has 0 saturated carbocycles. The van der Waals surface area contributed by atoms with Crippen molar-refractivity contribution in [3.63, 3.8) is 0 Å². The first-order valence-electron chi connectivity index (χ1n) is 11.8. The number of pyridine rings is 1. The van der Waals surface area contributed by atoms with Crippen LogP contribution in [-0.4, -0.2) is 35.1 Å². The van der Waals surface area contributed by atoms with Gasteiger partial charge in [-0.25, -0.2) is 13.6 Å². The molecule has 1 aromatic heterocycles. The standard InChI is InChI=1S/C29H27F2N3O4/c1-17-7-10-22(29(35)36)26(11-17)38-28-24(31)14-23(30)27(33-28)37-25-13-20(8-9-21(25)16-34(2)3)19-6-4-5-18(12-19)15-32/h4-14H,15-16,32H2,1-3H3,(H,35,36). The molecule has 0 bridgehead atoms. The van der Waals surface area contributed by atoms with E-state index < -0.39 is 29.4 Å². The molecule has 38 heavy (non-hydrogen) atoms. The van der Waals surface area contributed by atoms with Gasteiger partial charge in [-0.15, -0.1) is 0 Å². The van der Waals surface area contributed by atoms with Crippen molar-refractivity contribution in [3.8, 4) is 34.4 Å². The number of nitrogens with zero attached hydrogens (tertiary/aromatic N) is 2. The summed E-state index contributed by atoms with van der Waals surface area (Å²) >= 11 is 0. The van der Waals surface area contributed by atoms with Crippen molar-refractivity contribution < 1.29 is 28.2 Å². The van der Waals surface area contributed by atoms with E-state index in [0.29, 0.717) is 30.5 Å². The van der Waals surface area contributed by atoms with Crippen molar-refractivity contribution in [2.24, 2.45) is 5.73 Å². The van der Waals surface area contributed by atoms with Crippen LogP contribution in [0.1, 0.15) is 27.0 Å². The lowest BCUT2D eigenvalue weighted by molar-refractivity contribution is 0.0694. The van der Waals surface area contributed by atoms with Crippen molar-refractivity contribution >= 4 is 5.97 Å². The third-order valence-electron chi connectivity index (χ3n) is 5.70. The van der Waals surface area contributed by atoms with E-state index in [4.69, 9.17) is 15.2 Å². The van der Waals surface area contributed by atoms with Crippen LogP contribution in [0, 0.1) is 18.6 Å². The van der Waals surface area contributed by atoms with E-state index in [0.717, 1.165) is 22.3 Å². The van der Waals surface area contributed by atoms with Crippen molar-refractivity contribution in [1.82, 2.24) is 9.88 Å².